The molecule has 1 spiro atoms. The van der Waals surface area contributed by atoms with Crippen LogP contribution in [0.3, 0.4) is 0 Å². The first kappa shape index (κ1) is 40.6. The number of aliphatic hydroxyl groups excluding tert-OH is 2. The van der Waals surface area contributed by atoms with E-state index in [-0.39, 0.29) is 66.9 Å². The highest BCUT2D eigenvalue weighted by Crippen LogP contribution is 2.59. The van der Waals surface area contributed by atoms with E-state index < -0.39 is 28.7 Å². The van der Waals surface area contributed by atoms with Crippen LogP contribution in [0.15, 0.2) is 63.0 Å². The molecule has 8 atom stereocenters. The molecule has 1 saturated heterocycles. The van der Waals surface area contributed by atoms with E-state index in [0.29, 0.717) is 77.8 Å². The Bertz CT molecular complexity index is 2260. The Balaban J connectivity index is 1.27. The van der Waals surface area contributed by atoms with Crippen LogP contribution in [-0.2, 0) is 38.4 Å². The number of pyridine rings is 1. The molecule has 5 N–H and O–H groups in total. The summed E-state index contributed by atoms with van der Waals surface area (Å²) in [7, 11) is 5.30. The molecule has 2 fully saturated rings. The standard InChI is InChI=1S/C43H50N4O9S2/c1-4-23(8-11-49)41(53)56-42(2)9-7-25-22-57-58-34-14-29(21-50)38(45-3)31-20-47(39(31)34)36(51)15-28-19-46-35(44)16-30(28)37(25)43(42)18-27-13-26-12-24(6-5-10-48)40(52)54-32(26)17-33(27)55-43/h4,7,12-13,16-17,19,21,29,31,34,37-39,45,48-49H,5-6,8-11,14-15,18,20,22H2,1-3H3,(H2,44,46)/b23-4+/t29-,31-,34-,37-,38-,39-,42-,43-/m1/s1. The van der Waals surface area contributed by atoms with Crippen LogP contribution < -0.4 is 21.4 Å². The Morgan fingerprint density at radius 3 is 2.76 bits per heavy atom. The van der Waals surface area contributed by atoms with Crippen LogP contribution in [0.2, 0.25) is 0 Å². The van der Waals surface area contributed by atoms with Crippen LogP contribution in [0.4, 0.5) is 5.82 Å². The molecule has 0 unspecified atom stereocenters. The molecule has 15 heteroatoms. The topological polar surface area (TPSA) is 195 Å². The number of nitrogens with zero attached hydrogens (tertiary/aromatic N) is 2. The predicted octanol–water partition coefficient (Wildman–Crippen LogP) is 4.05. The van der Waals surface area contributed by atoms with Gasteiger partial charge in [-0.15, -0.1) is 0 Å². The van der Waals surface area contributed by atoms with Gasteiger partial charge in [0.25, 0.3) is 0 Å². The van der Waals surface area contributed by atoms with Crippen molar-refractivity contribution < 1.29 is 38.5 Å². The summed E-state index contributed by atoms with van der Waals surface area (Å²) in [6, 6.07) is 7.26. The number of hydrogen-bond donors (Lipinski definition) is 4. The van der Waals surface area contributed by atoms with Crippen molar-refractivity contribution >= 4 is 56.5 Å². The Kier molecular flexibility index (Phi) is 11.3. The SMILES string of the molecule is C/C=C(\CCO)C(=O)O[C@]1(C)CC=C2CSS[C@@H]3C[C@H](C=O)[C@@H](NC)[C@H]4CN(C(=O)Cc5cnc(N)cc5[C@@H]2[C@]12Cc1cc5cc(CCCO)c(=O)oc5cc1O2)[C@H]43. The summed E-state index contributed by atoms with van der Waals surface area (Å²) < 4.78 is 19.7. The number of benzene rings is 1. The lowest BCUT2D eigenvalue weighted by atomic mass is 9.61. The summed E-state index contributed by atoms with van der Waals surface area (Å²) in [5.74, 6) is 0.127. The van der Waals surface area contributed by atoms with Gasteiger partial charge < -0.3 is 44.8 Å². The quantitative estimate of drug-likeness (QED) is 0.0603. The third kappa shape index (κ3) is 6.85. The average Bonchev–Trinajstić information content (AvgIpc) is 3.56. The van der Waals surface area contributed by atoms with E-state index in [1.54, 1.807) is 52.9 Å². The number of carbonyl (C=O) groups excluding carboxylic acids is 3. The summed E-state index contributed by atoms with van der Waals surface area (Å²) in [6.45, 7) is 3.88. The van der Waals surface area contributed by atoms with E-state index in [2.05, 4.69) is 16.4 Å². The zero-order valence-corrected chi connectivity index (χ0v) is 34.5. The van der Waals surface area contributed by atoms with Gasteiger partial charge >= 0.3 is 11.6 Å². The molecule has 3 aromatic rings. The molecule has 58 heavy (non-hydrogen) atoms. The number of aliphatic hydroxyl groups is 2. The van der Waals surface area contributed by atoms with Gasteiger partial charge in [0.05, 0.1) is 18.4 Å². The molecule has 5 aliphatic rings. The number of esters is 1. The molecule has 1 aromatic carbocycles. The van der Waals surface area contributed by atoms with Crippen LogP contribution in [-0.4, -0.2) is 99.4 Å². The molecule has 13 nitrogen and oxygen atoms in total. The number of carbonyl (C=O) groups is 3. The molecule has 308 valence electrons. The normalized spacial score (nSPS) is 30.4. The largest absolute Gasteiger partial charge is 0.481 e. The third-order valence-corrected chi connectivity index (χ3v) is 15.9. The number of allylic oxidation sites excluding steroid dienone is 1. The summed E-state index contributed by atoms with van der Waals surface area (Å²) in [6.07, 6.45) is 8.70. The highest BCUT2D eigenvalue weighted by Gasteiger charge is 2.64. The van der Waals surface area contributed by atoms with Gasteiger partial charge in [0.2, 0.25) is 5.91 Å². The molecule has 3 aliphatic heterocycles. The van der Waals surface area contributed by atoms with Crippen molar-refractivity contribution in [2.75, 3.05) is 38.3 Å². The number of ether oxygens (including phenoxy) is 2. The number of hydrogen-bond acceptors (Lipinski definition) is 14. The minimum absolute atomic E-state index is 0.000798. The molecule has 1 saturated carbocycles. The summed E-state index contributed by atoms with van der Waals surface area (Å²) in [4.78, 5) is 60.2. The van der Waals surface area contributed by atoms with Crippen LogP contribution in [0, 0.1) is 11.8 Å². The zero-order chi connectivity index (χ0) is 40.9. The first-order valence-electron chi connectivity index (χ1n) is 20.0. The van der Waals surface area contributed by atoms with Gasteiger partial charge in [0, 0.05) is 96.7 Å². The van der Waals surface area contributed by atoms with Crippen molar-refractivity contribution in [1.82, 2.24) is 15.2 Å². The number of nitrogen functional groups attached to an aromatic ring is 1. The molecule has 1 amide bonds. The summed E-state index contributed by atoms with van der Waals surface area (Å²) in [5, 5.41) is 23.3. The van der Waals surface area contributed by atoms with E-state index in [4.69, 9.17) is 19.6 Å². The van der Waals surface area contributed by atoms with E-state index in [1.165, 1.54) is 0 Å². The Morgan fingerprint density at radius 1 is 1.19 bits per heavy atom. The smallest absolute Gasteiger partial charge is 0.339 e. The maximum Gasteiger partial charge on any atom is 0.339 e. The van der Waals surface area contributed by atoms with Gasteiger partial charge in [-0.05, 0) is 75.0 Å². The monoisotopic (exact) mass is 830 g/mol. The summed E-state index contributed by atoms with van der Waals surface area (Å²) >= 11 is 0. The van der Waals surface area contributed by atoms with Gasteiger partial charge in [-0.3, -0.25) is 4.79 Å². The minimum atomic E-state index is -1.30. The number of anilines is 1. The van der Waals surface area contributed by atoms with Crippen molar-refractivity contribution in [2.24, 2.45) is 11.8 Å². The molecule has 0 radical (unpaired) electrons. The summed E-state index contributed by atoms with van der Waals surface area (Å²) in [5.41, 5.74) is 7.83. The number of rotatable bonds is 9. The Hall–Kier alpha value is -4.15. The Labute approximate surface area is 344 Å². The van der Waals surface area contributed by atoms with Gasteiger partial charge in [-0.1, -0.05) is 39.3 Å². The number of aromatic nitrogens is 1. The number of fused-ring (bicyclic) bond motifs is 6. The second kappa shape index (κ2) is 16.1. The maximum atomic E-state index is 14.4. The molecule has 2 aromatic heterocycles. The molecular formula is C43H50N4O9S2. The lowest BCUT2D eigenvalue weighted by molar-refractivity contribution is -0.183. The fourth-order valence-corrected chi connectivity index (χ4v) is 13.3. The van der Waals surface area contributed by atoms with Crippen LogP contribution in [0.25, 0.3) is 11.0 Å². The molecular weight excluding hydrogens is 781 g/mol. The molecule has 0 bridgehead atoms. The minimum Gasteiger partial charge on any atom is -0.481 e. The second-order valence-corrected chi connectivity index (χ2v) is 18.9. The van der Waals surface area contributed by atoms with Crippen molar-refractivity contribution in [3.63, 3.8) is 0 Å². The van der Waals surface area contributed by atoms with E-state index >= 15 is 0 Å². The first-order chi connectivity index (χ1) is 28.0. The van der Waals surface area contributed by atoms with E-state index in [1.807, 2.05) is 31.0 Å². The van der Waals surface area contributed by atoms with Crippen LogP contribution in [0.5, 0.6) is 5.75 Å². The average molecular weight is 831 g/mol. The van der Waals surface area contributed by atoms with Crippen LogP contribution in [0.1, 0.15) is 67.7 Å². The lowest BCUT2D eigenvalue weighted by Crippen LogP contribution is -2.72. The lowest BCUT2D eigenvalue weighted by Gasteiger charge is -2.58. The third-order valence-electron chi connectivity index (χ3n) is 13.1. The zero-order valence-electron chi connectivity index (χ0n) is 32.9. The van der Waals surface area contributed by atoms with Crippen molar-refractivity contribution in [3.8, 4) is 5.75 Å². The van der Waals surface area contributed by atoms with Crippen molar-refractivity contribution in [2.45, 2.75) is 93.2 Å². The second-order valence-electron chi connectivity index (χ2n) is 16.3. The molecule has 5 heterocycles. The number of nitrogens with one attached hydrogen (secondary N) is 1. The molecule has 8 rings (SSSR count). The van der Waals surface area contributed by atoms with Gasteiger partial charge in [-0.2, -0.15) is 0 Å². The number of aldehydes is 1. The van der Waals surface area contributed by atoms with Gasteiger partial charge in [0.1, 0.15) is 23.4 Å². The highest BCUT2D eigenvalue weighted by atomic mass is 33.1. The first-order valence-corrected chi connectivity index (χ1v) is 22.4. The fourth-order valence-electron chi connectivity index (χ4n) is 10.1. The van der Waals surface area contributed by atoms with Crippen molar-refractivity contribution in [3.05, 3.63) is 86.4 Å². The van der Waals surface area contributed by atoms with E-state index in [0.717, 1.165) is 23.0 Å². The number of aryl methyl sites for hydroxylation is 1. The number of nitrogens with two attached hydrogens (primary N) is 1. The van der Waals surface area contributed by atoms with E-state index in [9.17, 15) is 29.4 Å². The predicted molar refractivity (Wildman–Crippen MR) is 223 cm³/mol. The molecule has 2 aliphatic carbocycles. The van der Waals surface area contributed by atoms with Crippen LogP contribution >= 0.6 is 21.6 Å². The highest BCUT2D eigenvalue weighted by molar-refractivity contribution is 8.77. The van der Waals surface area contributed by atoms with Crippen molar-refractivity contribution in [1.29, 1.82) is 0 Å². The van der Waals surface area contributed by atoms with Gasteiger partial charge in [-0.25, -0.2) is 14.6 Å². The maximum absolute atomic E-state index is 14.4. The number of amides is 1. The fraction of sp³-hybridized carbons (Fsp3) is 0.512. The van der Waals surface area contributed by atoms with Gasteiger partial charge in [0.15, 0.2) is 11.2 Å². The Morgan fingerprint density at radius 2 is 2.02 bits per heavy atom.